The Morgan fingerprint density at radius 3 is 2.71 bits per heavy atom. The van der Waals surface area contributed by atoms with Crippen molar-refractivity contribution < 1.29 is 9.18 Å². The van der Waals surface area contributed by atoms with E-state index >= 15 is 0 Å². The Labute approximate surface area is 124 Å². The van der Waals surface area contributed by atoms with Crippen molar-refractivity contribution in [1.29, 1.82) is 0 Å². The average molecular weight is 297 g/mol. The van der Waals surface area contributed by atoms with E-state index in [0.29, 0.717) is 25.0 Å². The minimum atomic E-state index is -0.583. The predicted octanol–water partition coefficient (Wildman–Crippen LogP) is 2.01. The number of hydrogen-bond acceptors (Lipinski definition) is 5. The molecule has 0 fully saturated rings. The molecule has 0 saturated carbocycles. The Morgan fingerprint density at radius 2 is 2.10 bits per heavy atom. The second-order valence-corrected chi connectivity index (χ2v) is 5.32. The summed E-state index contributed by atoms with van der Waals surface area (Å²) in [6.45, 7) is 8.98. The summed E-state index contributed by atoms with van der Waals surface area (Å²) in [5.74, 6) is -0.0431. The van der Waals surface area contributed by atoms with Crippen molar-refractivity contribution in [2.24, 2.45) is 5.92 Å². The molecule has 1 atom stereocenters. The minimum Gasteiger partial charge on any atom is -0.356 e. The molecule has 7 heteroatoms. The van der Waals surface area contributed by atoms with E-state index in [0.717, 1.165) is 12.6 Å². The van der Waals surface area contributed by atoms with Gasteiger partial charge in [0.05, 0.1) is 6.20 Å². The maximum Gasteiger partial charge on any atom is 0.242 e. The summed E-state index contributed by atoms with van der Waals surface area (Å²) in [6, 6.07) is -0.577. The number of nitrogens with one attached hydrogen (secondary N) is 3. The van der Waals surface area contributed by atoms with Crippen LogP contribution in [0.4, 0.5) is 16.2 Å². The van der Waals surface area contributed by atoms with E-state index in [-0.39, 0.29) is 11.7 Å². The number of carbonyl (C=O) groups is 1. The SMILES string of the molecule is CCCNc1ncc(F)c(NC(C)C(=O)NCC(C)C)n1. The van der Waals surface area contributed by atoms with Crippen LogP contribution in [0.25, 0.3) is 0 Å². The Kier molecular flexibility index (Phi) is 6.84. The molecule has 21 heavy (non-hydrogen) atoms. The van der Waals surface area contributed by atoms with E-state index in [1.54, 1.807) is 6.92 Å². The number of rotatable bonds is 8. The zero-order chi connectivity index (χ0) is 15.8. The topological polar surface area (TPSA) is 78.9 Å². The zero-order valence-electron chi connectivity index (χ0n) is 13.0. The third kappa shape index (κ3) is 5.93. The molecule has 1 unspecified atom stereocenters. The van der Waals surface area contributed by atoms with Crippen LogP contribution in [0, 0.1) is 11.7 Å². The fraction of sp³-hybridized carbons (Fsp3) is 0.643. The molecule has 0 aliphatic heterocycles. The van der Waals surface area contributed by atoms with Crippen LogP contribution >= 0.6 is 0 Å². The largest absolute Gasteiger partial charge is 0.356 e. The molecule has 1 aromatic rings. The van der Waals surface area contributed by atoms with Gasteiger partial charge in [0.15, 0.2) is 11.6 Å². The van der Waals surface area contributed by atoms with Gasteiger partial charge in [0, 0.05) is 13.1 Å². The van der Waals surface area contributed by atoms with E-state index in [1.807, 2.05) is 20.8 Å². The van der Waals surface area contributed by atoms with Crippen LogP contribution in [0.3, 0.4) is 0 Å². The summed E-state index contributed by atoms with van der Waals surface area (Å²) in [5.41, 5.74) is 0. The van der Waals surface area contributed by atoms with Gasteiger partial charge < -0.3 is 16.0 Å². The number of hydrogen-bond donors (Lipinski definition) is 3. The molecule has 0 aliphatic rings. The summed E-state index contributed by atoms with van der Waals surface area (Å²) in [5, 5.41) is 8.53. The van der Waals surface area contributed by atoms with Crippen LogP contribution < -0.4 is 16.0 Å². The van der Waals surface area contributed by atoms with Crippen molar-refractivity contribution in [3.63, 3.8) is 0 Å². The number of nitrogens with zero attached hydrogens (tertiary/aromatic N) is 2. The molecule has 0 saturated heterocycles. The number of anilines is 2. The molecule has 1 aromatic heterocycles. The van der Waals surface area contributed by atoms with Gasteiger partial charge in [-0.15, -0.1) is 0 Å². The first kappa shape index (κ1) is 17.1. The van der Waals surface area contributed by atoms with E-state index in [9.17, 15) is 9.18 Å². The molecular formula is C14H24FN5O. The lowest BCUT2D eigenvalue weighted by atomic mass is 10.2. The van der Waals surface area contributed by atoms with Crippen molar-refractivity contribution in [3.05, 3.63) is 12.0 Å². The third-order valence-corrected chi connectivity index (χ3v) is 2.71. The van der Waals surface area contributed by atoms with Gasteiger partial charge >= 0.3 is 0 Å². The fourth-order valence-corrected chi connectivity index (χ4v) is 1.52. The monoisotopic (exact) mass is 297 g/mol. The van der Waals surface area contributed by atoms with Crippen LogP contribution in [0.5, 0.6) is 0 Å². The molecular weight excluding hydrogens is 273 g/mol. The Morgan fingerprint density at radius 1 is 1.38 bits per heavy atom. The Bertz CT molecular complexity index is 467. The second kappa shape index (κ2) is 8.39. The molecule has 0 aromatic carbocycles. The number of carbonyl (C=O) groups excluding carboxylic acids is 1. The first-order valence-corrected chi connectivity index (χ1v) is 7.24. The first-order valence-electron chi connectivity index (χ1n) is 7.24. The van der Waals surface area contributed by atoms with Crippen LogP contribution in [0.1, 0.15) is 34.1 Å². The van der Waals surface area contributed by atoms with E-state index in [4.69, 9.17) is 0 Å². The molecule has 0 radical (unpaired) electrons. The van der Waals surface area contributed by atoms with Gasteiger partial charge in [0.2, 0.25) is 11.9 Å². The van der Waals surface area contributed by atoms with Crippen molar-refractivity contribution >= 4 is 17.7 Å². The summed E-state index contributed by atoms with van der Waals surface area (Å²) in [4.78, 5) is 19.8. The lowest BCUT2D eigenvalue weighted by Gasteiger charge is -2.16. The molecule has 1 amide bonds. The van der Waals surface area contributed by atoms with Crippen LogP contribution in [-0.4, -0.2) is 35.0 Å². The van der Waals surface area contributed by atoms with Crippen molar-refractivity contribution in [2.45, 2.75) is 40.2 Å². The van der Waals surface area contributed by atoms with Crippen LogP contribution in [-0.2, 0) is 4.79 Å². The minimum absolute atomic E-state index is 0.0239. The highest BCUT2D eigenvalue weighted by molar-refractivity contribution is 5.83. The molecule has 0 spiro atoms. The number of amides is 1. The average Bonchev–Trinajstić information content (AvgIpc) is 2.45. The molecule has 0 aliphatic carbocycles. The lowest BCUT2D eigenvalue weighted by Crippen LogP contribution is -2.39. The third-order valence-electron chi connectivity index (χ3n) is 2.71. The normalized spacial score (nSPS) is 12.1. The van der Waals surface area contributed by atoms with E-state index in [1.165, 1.54) is 0 Å². The standard InChI is InChI=1S/C14H24FN5O/c1-5-6-16-14-18-8-11(15)12(20-14)19-10(4)13(21)17-7-9(2)3/h8-10H,5-7H2,1-4H3,(H,17,21)(H2,16,18,19,20). The summed E-state index contributed by atoms with van der Waals surface area (Å²) < 4.78 is 13.7. The highest BCUT2D eigenvalue weighted by atomic mass is 19.1. The fourth-order valence-electron chi connectivity index (χ4n) is 1.52. The number of halogens is 1. The highest BCUT2D eigenvalue weighted by Gasteiger charge is 2.16. The molecule has 0 bridgehead atoms. The molecule has 118 valence electrons. The van der Waals surface area contributed by atoms with E-state index < -0.39 is 11.9 Å². The van der Waals surface area contributed by atoms with Gasteiger partial charge in [-0.2, -0.15) is 4.98 Å². The summed E-state index contributed by atoms with van der Waals surface area (Å²) >= 11 is 0. The van der Waals surface area contributed by atoms with Gasteiger partial charge in [-0.25, -0.2) is 9.37 Å². The zero-order valence-corrected chi connectivity index (χ0v) is 13.0. The molecule has 1 rings (SSSR count). The second-order valence-electron chi connectivity index (χ2n) is 5.32. The maximum atomic E-state index is 13.7. The first-order chi connectivity index (χ1) is 9.93. The number of aromatic nitrogens is 2. The van der Waals surface area contributed by atoms with Gasteiger partial charge in [0.1, 0.15) is 6.04 Å². The molecule has 6 nitrogen and oxygen atoms in total. The predicted molar refractivity (Wildman–Crippen MR) is 81.7 cm³/mol. The van der Waals surface area contributed by atoms with E-state index in [2.05, 4.69) is 25.9 Å². The Balaban J connectivity index is 2.65. The van der Waals surface area contributed by atoms with Gasteiger partial charge in [-0.3, -0.25) is 4.79 Å². The maximum absolute atomic E-state index is 13.7. The van der Waals surface area contributed by atoms with Crippen molar-refractivity contribution in [1.82, 2.24) is 15.3 Å². The highest BCUT2D eigenvalue weighted by Crippen LogP contribution is 2.13. The van der Waals surface area contributed by atoms with Crippen molar-refractivity contribution in [3.8, 4) is 0 Å². The molecule has 3 N–H and O–H groups in total. The van der Waals surface area contributed by atoms with Gasteiger partial charge in [0.25, 0.3) is 0 Å². The van der Waals surface area contributed by atoms with Gasteiger partial charge in [-0.1, -0.05) is 20.8 Å². The summed E-state index contributed by atoms with van der Waals surface area (Å²) in [7, 11) is 0. The van der Waals surface area contributed by atoms with Gasteiger partial charge in [-0.05, 0) is 19.3 Å². The summed E-state index contributed by atoms with van der Waals surface area (Å²) in [6.07, 6.45) is 2.00. The quantitative estimate of drug-likeness (QED) is 0.684. The Hall–Kier alpha value is -1.92. The van der Waals surface area contributed by atoms with Crippen LogP contribution in [0.2, 0.25) is 0 Å². The smallest absolute Gasteiger partial charge is 0.242 e. The van der Waals surface area contributed by atoms with Crippen molar-refractivity contribution in [2.75, 3.05) is 23.7 Å². The van der Waals surface area contributed by atoms with Crippen LogP contribution in [0.15, 0.2) is 6.20 Å². The molecule has 1 heterocycles. The lowest BCUT2D eigenvalue weighted by molar-refractivity contribution is -0.121.